The Kier molecular flexibility index (Phi) is 4.62. The lowest BCUT2D eigenvalue weighted by Gasteiger charge is -2.10. The van der Waals surface area contributed by atoms with Crippen molar-refractivity contribution in [1.29, 1.82) is 0 Å². The summed E-state index contributed by atoms with van der Waals surface area (Å²) in [7, 11) is 0. The molecular weight excluding hydrogens is 258 g/mol. The van der Waals surface area contributed by atoms with Crippen molar-refractivity contribution in [2.45, 2.75) is 26.7 Å². The maximum absolute atomic E-state index is 12.0. The van der Waals surface area contributed by atoms with Crippen LogP contribution in [0.4, 0.5) is 0 Å². The number of amides is 1. The van der Waals surface area contributed by atoms with Crippen LogP contribution >= 0.6 is 11.3 Å². The smallest absolute Gasteiger partial charge is 0.261 e. The zero-order valence-corrected chi connectivity index (χ0v) is 12.1. The molecule has 0 bridgehead atoms. The van der Waals surface area contributed by atoms with Crippen molar-refractivity contribution < 1.29 is 9.90 Å². The van der Waals surface area contributed by atoms with Gasteiger partial charge in [-0.3, -0.25) is 4.79 Å². The third-order valence-corrected chi connectivity index (χ3v) is 4.59. The lowest BCUT2D eigenvalue weighted by molar-refractivity contribution is 0.0950. The number of carbonyl (C=O) groups is 1. The van der Waals surface area contributed by atoms with Crippen molar-refractivity contribution in [1.82, 2.24) is 5.32 Å². The van der Waals surface area contributed by atoms with E-state index in [1.165, 1.54) is 24.2 Å². The molecule has 1 aromatic rings. The van der Waals surface area contributed by atoms with Crippen LogP contribution in [0.15, 0.2) is 6.07 Å². The average Bonchev–Trinajstić information content (AvgIpc) is 3.18. The lowest BCUT2D eigenvalue weighted by atomic mass is 10.1. The summed E-state index contributed by atoms with van der Waals surface area (Å²) in [4.78, 5) is 13.6. The summed E-state index contributed by atoms with van der Waals surface area (Å²) >= 11 is 1.39. The van der Waals surface area contributed by atoms with Gasteiger partial charge >= 0.3 is 0 Å². The number of hydrogen-bond acceptors (Lipinski definition) is 3. The van der Waals surface area contributed by atoms with Crippen molar-refractivity contribution in [2.75, 3.05) is 13.2 Å². The van der Waals surface area contributed by atoms with Gasteiger partial charge in [-0.1, -0.05) is 18.8 Å². The van der Waals surface area contributed by atoms with Crippen LogP contribution in [0, 0.1) is 30.6 Å². The zero-order chi connectivity index (χ0) is 13.8. The Labute approximate surface area is 118 Å². The highest BCUT2D eigenvalue weighted by atomic mass is 32.1. The summed E-state index contributed by atoms with van der Waals surface area (Å²) in [5.74, 6) is 6.84. The van der Waals surface area contributed by atoms with Crippen LogP contribution in [0.5, 0.6) is 0 Å². The van der Waals surface area contributed by atoms with Crippen molar-refractivity contribution in [3.63, 3.8) is 0 Å². The Morgan fingerprint density at radius 1 is 1.63 bits per heavy atom. The highest BCUT2D eigenvalue weighted by molar-refractivity contribution is 7.14. The quantitative estimate of drug-likeness (QED) is 0.829. The fraction of sp³-hybridized carbons (Fsp3) is 0.533. The minimum Gasteiger partial charge on any atom is -0.384 e. The van der Waals surface area contributed by atoms with Gasteiger partial charge in [0, 0.05) is 6.54 Å². The summed E-state index contributed by atoms with van der Waals surface area (Å²) in [6.07, 6.45) is 2.60. The van der Waals surface area contributed by atoms with Gasteiger partial charge in [0.05, 0.1) is 9.75 Å². The van der Waals surface area contributed by atoms with E-state index in [9.17, 15) is 4.79 Å². The van der Waals surface area contributed by atoms with E-state index in [4.69, 9.17) is 5.11 Å². The first-order valence-electron chi connectivity index (χ1n) is 6.60. The van der Waals surface area contributed by atoms with Crippen LogP contribution < -0.4 is 5.32 Å². The molecule has 2 rings (SSSR count). The minimum absolute atomic E-state index is 0.0161. The van der Waals surface area contributed by atoms with Crippen molar-refractivity contribution in [2.24, 2.45) is 11.8 Å². The maximum Gasteiger partial charge on any atom is 0.261 e. The van der Waals surface area contributed by atoms with E-state index in [0.29, 0.717) is 10.8 Å². The third-order valence-electron chi connectivity index (χ3n) is 3.43. The van der Waals surface area contributed by atoms with E-state index in [-0.39, 0.29) is 12.5 Å². The summed E-state index contributed by atoms with van der Waals surface area (Å²) in [5, 5.41) is 11.7. The first-order valence-corrected chi connectivity index (χ1v) is 7.41. The van der Waals surface area contributed by atoms with Crippen LogP contribution in [-0.4, -0.2) is 24.2 Å². The van der Waals surface area contributed by atoms with E-state index in [1.54, 1.807) is 0 Å². The van der Waals surface area contributed by atoms with Crippen LogP contribution in [0.1, 0.15) is 39.9 Å². The van der Waals surface area contributed by atoms with Gasteiger partial charge in [-0.15, -0.1) is 11.3 Å². The molecular formula is C15H19NO2S. The largest absolute Gasteiger partial charge is 0.384 e. The van der Waals surface area contributed by atoms with Gasteiger partial charge in [0.15, 0.2) is 0 Å². The molecule has 4 heteroatoms. The molecule has 0 radical (unpaired) electrons. The van der Waals surface area contributed by atoms with Crippen molar-refractivity contribution in [3.05, 3.63) is 21.4 Å². The Morgan fingerprint density at radius 2 is 2.37 bits per heavy atom. The number of aliphatic hydroxyl groups excluding tert-OH is 1. The molecule has 1 unspecified atom stereocenters. The molecule has 0 spiro atoms. The fourth-order valence-electron chi connectivity index (χ4n) is 2.01. The number of thiophene rings is 1. The molecule has 0 aromatic carbocycles. The fourth-order valence-corrected chi connectivity index (χ4v) is 2.97. The number of nitrogens with one attached hydrogen (secondary N) is 1. The van der Waals surface area contributed by atoms with E-state index in [2.05, 4.69) is 24.1 Å². The van der Waals surface area contributed by atoms with E-state index in [1.807, 2.05) is 13.0 Å². The summed E-state index contributed by atoms with van der Waals surface area (Å²) in [6.45, 7) is 4.72. The Balaban J connectivity index is 1.94. The molecule has 1 aromatic heterocycles. The molecule has 1 heterocycles. The Hall–Kier alpha value is -1.31. The normalized spacial score (nSPS) is 15.5. The molecule has 19 heavy (non-hydrogen) atoms. The third kappa shape index (κ3) is 3.82. The molecule has 0 aliphatic heterocycles. The second-order valence-corrected chi connectivity index (χ2v) is 6.16. The van der Waals surface area contributed by atoms with Crippen LogP contribution in [0.3, 0.4) is 0 Å². The van der Waals surface area contributed by atoms with E-state index in [0.717, 1.165) is 22.9 Å². The predicted octanol–water partition coefficient (Wildman–Crippen LogP) is 2.18. The van der Waals surface area contributed by atoms with Gasteiger partial charge in [0.25, 0.3) is 5.91 Å². The second kappa shape index (κ2) is 6.23. The van der Waals surface area contributed by atoms with E-state index >= 15 is 0 Å². The molecule has 1 atom stereocenters. The number of rotatable bonds is 4. The van der Waals surface area contributed by atoms with Crippen molar-refractivity contribution >= 4 is 17.2 Å². The van der Waals surface area contributed by atoms with Gasteiger partial charge in [0.2, 0.25) is 0 Å². The molecule has 1 fully saturated rings. The highest BCUT2D eigenvalue weighted by Gasteiger charge is 2.28. The first-order chi connectivity index (χ1) is 9.11. The second-order valence-electron chi connectivity index (χ2n) is 5.11. The lowest BCUT2D eigenvalue weighted by Crippen LogP contribution is -2.28. The Bertz CT molecular complexity index is 520. The van der Waals surface area contributed by atoms with E-state index < -0.39 is 0 Å². The molecule has 1 amide bonds. The first kappa shape index (κ1) is 14.1. The number of hydrogen-bond donors (Lipinski definition) is 2. The zero-order valence-electron chi connectivity index (χ0n) is 11.3. The van der Waals surface area contributed by atoms with Gasteiger partial charge in [-0.05, 0) is 43.2 Å². The van der Waals surface area contributed by atoms with Gasteiger partial charge in [0.1, 0.15) is 6.61 Å². The van der Waals surface area contributed by atoms with Crippen molar-refractivity contribution in [3.8, 4) is 11.8 Å². The van der Waals surface area contributed by atoms with Gasteiger partial charge in [-0.2, -0.15) is 0 Å². The van der Waals surface area contributed by atoms with Crippen LogP contribution in [0.2, 0.25) is 0 Å². The summed E-state index contributed by atoms with van der Waals surface area (Å²) in [6, 6.07) is 1.86. The minimum atomic E-state index is -0.155. The predicted molar refractivity (Wildman–Crippen MR) is 77.2 cm³/mol. The molecule has 102 valence electrons. The number of carbonyl (C=O) groups excluding carboxylic acids is 1. The number of aliphatic hydroxyl groups is 1. The SMILES string of the molecule is Cc1cc(C(=O)NCC(C)C2CC2)sc1C#CCO. The maximum atomic E-state index is 12.0. The molecule has 1 aliphatic carbocycles. The van der Waals surface area contributed by atoms with Gasteiger partial charge < -0.3 is 10.4 Å². The summed E-state index contributed by atoms with van der Waals surface area (Å²) in [5.41, 5.74) is 0.992. The average molecular weight is 277 g/mol. The molecule has 1 saturated carbocycles. The van der Waals surface area contributed by atoms with Crippen LogP contribution in [-0.2, 0) is 0 Å². The van der Waals surface area contributed by atoms with Gasteiger partial charge in [-0.25, -0.2) is 0 Å². The highest BCUT2D eigenvalue weighted by Crippen LogP contribution is 2.36. The standard InChI is InChI=1S/C15H19NO2S/c1-10-8-14(19-13(10)4-3-7-17)15(18)16-9-11(2)12-5-6-12/h8,11-12,17H,5-7,9H2,1-2H3,(H,16,18). The molecule has 0 saturated heterocycles. The molecule has 2 N–H and O–H groups in total. The molecule has 1 aliphatic rings. The topological polar surface area (TPSA) is 49.3 Å². The number of aryl methyl sites for hydroxylation is 1. The Morgan fingerprint density at radius 3 is 3.00 bits per heavy atom. The van der Waals surface area contributed by atoms with Crippen LogP contribution in [0.25, 0.3) is 0 Å². The molecule has 3 nitrogen and oxygen atoms in total. The summed E-state index contributed by atoms with van der Waals surface area (Å²) < 4.78 is 0. The monoisotopic (exact) mass is 277 g/mol.